The maximum Gasteiger partial charge on any atom is 0.307 e. The number of carbonyl (C=O) groups is 1. The zero-order valence-electron chi connectivity index (χ0n) is 7.97. The number of carboxylic acids is 1. The minimum Gasteiger partial charge on any atom is -0.481 e. The second kappa shape index (κ2) is 2.89. The van der Waals surface area contributed by atoms with Crippen LogP contribution in [0.3, 0.4) is 0 Å². The minimum absolute atomic E-state index is 0.150. The van der Waals surface area contributed by atoms with Gasteiger partial charge in [-0.3, -0.25) is 4.79 Å². The van der Waals surface area contributed by atoms with E-state index in [0.29, 0.717) is 0 Å². The standard InChI is InChI=1S/C11H10O4/c12-11(13)8-4-7(8)6-1-2-9-10(3-6)15-5-14-9/h1-3,7-8H,4-5H2,(H,12,13)/t7-,8+/m1/s1. The molecular formula is C11H10O4. The van der Waals surface area contributed by atoms with Crippen molar-refractivity contribution in [3.05, 3.63) is 23.8 Å². The number of carboxylic acid groups (broad SMARTS) is 1. The smallest absolute Gasteiger partial charge is 0.307 e. The number of hydrogen-bond donors (Lipinski definition) is 1. The van der Waals surface area contributed by atoms with Gasteiger partial charge in [-0.25, -0.2) is 0 Å². The summed E-state index contributed by atoms with van der Waals surface area (Å²) < 4.78 is 10.4. The first-order valence-corrected chi connectivity index (χ1v) is 4.88. The number of benzene rings is 1. The molecule has 0 bridgehead atoms. The molecule has 4 nitrogen and oxygen atoms in total. The van der Waals surface area contributed by atoms with E-state index in [1.54, 1.807) is 0 Å². The average molecular weight is 206 g/mol. The van der Waals surface area contributed by atoms with Gasteiger partial charge in [0.1, 0.15) is 0 Å². The first kappa shape index (κ1) is 8.59. The maximum absolute atomic E-state index is 10.7. The van der Waals surface area contributed by atoms with Crippen molar-refractivity contribution in [3.8, 4) is 11.5 Å². The highest BCUT2D eigenvalue weighted by Crippen LogP contribution is 2.49. The molecule has 0 saturated heterocycles. The Kier molecular flexibility index (Phi) is 1.65. The zero-order valence-corrected chi connectivity index (χ0v) is 7.97. The molecular weight excluding hydrogens is 196 g/mol. The lowest BCUT2D eigenvalue weighted by Gasteiger charge is -2.00. The van der Waals surface area contributed by atoms with Crippen molar-refractivity contribution in [2.75, 3.05) is 6.79 Å². The SMILES string of the molecule is O=C(O)[C@H]1C[C@@H]1c1ccc2c(c1)OCO2. The topological polar surface area (TPSA) is 55.8 Å². The van der Waals surface area contributed by atoms with Crippen LogP contribution in [-0.4, -0.2) is 17.9 Å². The number of fused-ring (bicyclic) bond motifs is 1. The maximum atomic E-state index is 10.7. The lowest BCUT2D eigenvalue weighted by Crippen LogP contribution is -1.98. The van der Waals surface area contributed by atoms with Crippen LogP contribution in [0.1, 0.15) is 17.9 Å². The molecule has 0 amide bonds. The van der Waals surface area contributed by atoms with Gasteiger partial charge in [0.25, 0.3) is 0 Å². The van der Waals surface area contributed by atoms with Gasteiger partial charge in [0.2, 0.25) is 6.79 Å². The van der Waals surface area contributed by atoms with Crippen LogP contribution in [0.5, 0.6) is 11.5 Å². The van der Waals surface area contributed by atoms with Crippen LogP contribution >= 0.6 is 0 Å². The average Bonchev–Trinajstić information content (AvgIpc) is 2.89. The summed E-state index contributed by atoms with van der Waals surface area (Å²) in [5.74, 6) is 0.690. The Morgan fingerprint density at radius 2 is 2.13 bits per heavy atom. The van der Waals surface area contributed by atoms with E-state index in [-0.39, 0.29) is 18.6 Å². The number of hydrogen-bond acceptors (Lipinski definition) is 3. The normalized spacial score (nSPS) is 26.4. The fourth-order valence-corrected chi connectivity index (χ4v) is 1.98. The highest BCUT2D eigenvalue weighted by molar-refractivity contribution is 5.75. The molecule has 0 radical (unpaired) electrons. The predicted molar refractivity (Wildman–Crippen MR) is 51.0 cm³/mol. The van der Waals surface area contributed by atoms with Gasteiger partial charge in [-0.05, 0) is 30.0 Å². The molecule has 1 aromatic rings. The van der Waals surface area contributed by atoms with Gasteiger partial charge in [-0.1, -0.05) is 6.07 Å². The monoisotopic (exact) mass is 206 g/mol. The summed E-state index contributed by atoms with van der Waals surface area (Å²) in [7, 11) is 0. The molecule has 1 aromatic carbocycles. The molecule has 1 aliphatic heterocycles. The highest BCUT2D eigenvalue weighted by atomic mass is 16.7. The first-order valence-electron chi connectivity index (χ1n) is 4.88. The second-order valence-corrected chi connectivity index (χ2v) is 3.90. The van der Waals surface area contributed by atoms with Crippen LogP contribution in [0, 0.1) is 5.92 Å². The first-order chi connectivity index (χ1) is 7.25. The predicted octanol–water partition coefficient (Wildman–Crippen LogP) is 1.60. The van der Waals surface area contributed by atoms with Crippen LogP contribution < -0.4 is 9.47 Å². The van der Waals surface area contributed by atoms with Crippen molar-refractivity contribution in [1.82, 2.24) is 0 Å². The lowest BCUT2D eigenvalue weighted by molar-refractivity contribution is -0.138. The fourth-order valence-electron chi connectivity index (χ4n) is 1.98. The summed E-state index contributed by atoms with van der Waals surface area (Å²) in [6.07, 6.45) is 0.731. The third kappa shape index (κ3) is 1.33. The van der Waals surface area contributed by atoms with E-state index >= 15 is 0 Å². The molecule has 78 valence electrons. The third-order valence-electron chi connectivity index (χ3n) is 2.93. The van der Waals surface area contributed by atoms with Gasteiger partial charge in [0.05, 0.1) is 5.92 Å². The number of aliphatic carboxylic acids is 1. The summed E-state index contributed by atoms with van der Waals surface area (Å²) in [5, 5.41) is 8.82. The summed E-state index contributed by atoms with van der Waals surface area (Å²) in [6.45, 7) is 0.256. The molecule has 1 aliphatic carbocycles. The fraction of sp³-hybridized carbons (Fsp3) is 0.364. The van der Waals surface area contributed by atoms with Crippen molar-refractivity contribution >= 4 is 5.97 Å². The van der Waals surface area contributed by atoms with E-state index in [9.17, 15) is 4.79 Å². The summed E-state index contributed by atoms with van der Waals surface area (Å²) in [6, 6.07) is 5.64. The van der Waals surface area contributed by atoms with Crippen molar-refractivity contribution in [3.63, 3.8) is 0 Å². The Labute approximate surface area is 86.4 Å². The van der Waals surface area contributed by atoms with Gasteiger partial charge in [-0.2, -0.15) is 0 Å². The molecule has 0 aromatic heterocycles. The van der Waals surface area contributed by atoms with Gasteiger partial charge >= 0.3 is 5.97 Å². The van der Waals surface area contributed by atoms with Gasteiger partial charge < -0.3 is 14.6 Å². The van der Waals surface area contributed by atoms with Crippen LogP contribution in [-0.2, 0) is 4.79 Å². The quantitative estimate of drug-likeness (QED) is 0.798. The molecule has 2 aliphatic rings. The van der Waals surface area contributed by atoms with Gasteiger partial charge in [0.15, 0.2) is 11.5 Å². The van der Waals surface area contributed by atoms with E-state index in [4.69, 9.17) is 14.6 Å². The Hall–Kier alpha value is -1.71. The highest BCUT2D eigenvalue weighted by Gasteiger charge is 2.44. The van der Waals surface area contributed by atoms with Crippen LogP contribution in [0.2, 0.25) is 0 Å². The van der Waals surface area contributed by atoms with E-state index in [1.807, 2.05) is 18.2 Å². The van der Waals surface area contributed by atoms with Crippen LogP contribution in [0.4, 0.5) is 0 Å². The molecule has 0 unspecified atom stereocenters. The van der Waals surface area contributed by atoms with E-state index in [1.165, 1.54) is 0 Å². The van der Waals surface area contributed by atoms with Crippen molar-refractivity contribution < 1.29 is 19.4 Å². The lowest BCUT2D eigenvalue weighted by atomic mass is 10.1. The summed E-state index contributed by atoms with van der Waals surface area (Å²) in [4.78, 5) is 10.7. The number of rotatable bonds is 2. The largest absolute Gasteiger partial charge is 0.481 e. The molecule has 2 atom stereocenters. The van der Waals surface area contributed by atoms with Gasteiger partial charge in [0, 0.05) is 0 Å². The molecule has 4 heteroatoms. The summed E-state index contributed by atoms with van der Waals surface area (Å²) in [5.41, 5.74) is 1.03. The van der Waals surface area contributed by atoms with Crippen molar-refractivity contribution in [1.29, 1.82) is 0 Å². The van der Waals surface area contributed by atoms with E-state index < -0.39 is 5.97 Å². The summed E-state index contributed by atoms with van der Waals surface area (Å²) >= 11 is 0. The molecule has 1 fully saturated rings. The second-order valence-electron chi connectivity index (χ2n) is 3.90. The minimum atomic E-state index is -0.710. The van der Waals surface area contributed by atoms with Crippen molar-refractivity contribution in [2.45, 2.75) is 12.3 Å². The molecule has 15 heavy (non-hydrogen) atoms. The van der Waals surface area contributed by atoms with E-state index in [2.05, 4.69) is 0 Å². The van der Waals surface area contributed by atoms with Gasteiger partial charge in [-0.15, -0.1) is 0 Å². The van der Waals surface area contributed by atoms with E-state index in [0.717, 1.165) is 23.5 Å². The third-order valence-corrected chi connectivity index (χ3v) is 2.93. The molecule has 1 heterocycles. The Bertz CT molecular complexity index is 427. The molecule has 1 saturated carbocycles. The Morgan fingerprint density at radius 3 is 2.87 bits per heavy atom. The van der Waals surface area contributed by atoms with Crippen LogP contribution in [0.25, 0.3) is 0 Å². The Morgan fingerprint density at radius 1 is 1.33 bits per heavy atom. The van der Waals surface area contributed by atoms with Crippen molar-refractivity contribution in [2.24, 2.45) is 5.92 Å². The number of ether oxygens (including phenoxy) is 2. The Balaban J connectivity index is 1.86. The zero-order chi connectivity index (χ0) is 10.4. The molecule has 0 spiro atoms. The molecule has 1 N–H and O–H groups in total. The molecule has 3 rings (SSSR count). The van der Waals surface area contributed by atoms with Crippen LogP contribution in [0.15, 0.2) is 18.2 Å².